The molecule has 1 amide bonds. The maximum absolute atomic E-state index is 12.5. The van der Waals surface area contributed by atoms with Crippen LogP contribution in [0.2, 0.25) is 0 Å². The lowest BCUT2D eigenvalue weighted by atomic mass is 9.96. The van der Waals surface area contributed by atoms with Crippen molar-refractivity contribution in [1.29, 1.82) is 5.26 Å². The van der Waals surface area contributed by atoms with E-state index >= 15 is 0 Å². The van der Waals surface area contributed by atoms with Gasteiger partial charge in [0.05, 0.1) is 24.1 Å². The second kappa shape index (κ2) is 9.07. The van der Waals surface area contributed by atoms with E-state index in [1.165, 1.54) is 11.8 Å². The zero-order valence-corrected chi connectivity index (χ0v) is 16.8. The molecule has 148 valence electrons. The molecule has 1 N–H and O–H groups in total. The number of carbonyl (C=O) groups excluding carboxylic acids is 1. The van der Waals surface area contributed by atoms with Gasteiger partial charge in [0.1, 0.15) is 5.82 Å². The Bertz CT molecular complexity index is 1030. The molecule has 29 heavy (non-hydrogen) atoms. The number of hydrogen-bond acceptors (Lipinski definition) is 6. The van der Waals surface area contributed by atoms with E-state index in [1.807, 2.05) is 48.7 Å². The highest BCUT2D eigenvalue weighted by atomic mass is 32.2. The molecule has 0 bridgehead atoms. The van der Waals surface area contributed by atoms with Gasteiger partial charge in [-0.15, -0.1) is 22.0 Å². The summed E-state index contributed by atoms with van der Waals surface area (Å²) in [6.07, 6.45) is 3.92. The highest BCUT2D eigenvalue weighted by molar-refractivity contribution is 7.99. The molecule has 8 heteroatoms. The van der Waals surface area contributed by atoms with Gasteiger partial charge in [0.25, 0.3) is 0 Å². The highest BCUT2D eigenvalue weighted by Gasteiger charge is 2.25. The molecule has 4 rings (SSSR count). The number of pyridine rings is 1. The predicted octanol–water partition coefficient (Wildman–Crippen LogP) is 3.16. The molecule has 1 fully saturated rings. The smallest absolute Gasteiger partial charge is 0.238 e. The third-order valence-electron chi connectivity index (χ3n) is 5.11. The third-order valence-corrected chi connectivity index (χ3v) is 6.05. The van der Waals surface area contributed by atoms with Crippen molar-refractivity contribution in [1.82, 2.24) is 19.5 Å². The fourth-order valence-electron chi connectivity index (χ4n) is 3.69. The van der Waals surface area contributed by atoms with E-state index < -0.39 is 0 Å². The van der Waals surface area contributed by atoms with Crippen LogP contribution in [-0.4, -0.2) is 50.8 Å². The zero-order valence-electron chi connectivity index (χ0n) is 16.0. The summed E-state index contributed by atoms with van der Waals surface area (Å²) in [6, 6.07) is 15.6. The van der Waals surface area contributed by atoms with E-state index in [1.54, 1.807) is 0 Å². The van der Waals surface area contributed by atoms with Crippen LogP contribution in [0.4, 0.5) is 5.69 Å². The van der Waals surface area contributed by atoms with Crippen molar-refractivity contribution in [2.75, 3.05) is 30.7 Å². The van der Waals surface area contributed by atoms with Crippen molar-refractivity contribution in [3.8, 4) is 6.07 Å². The first-order valence-corrected chi connectivity index (χ1v) is 10.6. The second-order valence-corrected chi connectivity index (χ2v) is 8.05. The Kier molecular flexibility index (Phi) is 6.08. The van der Waals surface area contributed by atoms with Crippen LogP contribution in [0.5, 0.6) is 0 Å². The summed E-state index contributed by atoms with van der Waals surface area (Å²) in [5.41, 5.74) is 1.64. The number of hydrogen-bond donors (Lipinski definition) is 1. The average molecular weight is 407 g/mol. The van der Waals surface area contributed by atoms with E-state index in [2.05, 4.69) is 30.9 Å². The minimum Gasteiger partial charge on any atom is -0.324 e. The van der Waals surface area contributed by atoms with E-state index in [-0.39, 0.29) is 5.91 Å². The van der Waals surface area contributed by atoms with Crippen LogP contribution in [0.15, 0.2) is 53.6 Å². The number of rotatable bonds is 6. The van der Waals surface area contributed by atoms with Crippen LogP contribution in [-0.2, 0) is 4.79 Å². The second-order valence-electron chi connectivity index (χ2n) is 7.03. The molecule has 3 aromatic rings. The summed E-state index contributed by atoms with van der Waals surface area (Å²) in [7, 11) is 0. The van der Waals surface area contributed by atoms with Crippen LogP contribution >= 0.6 is 11.8 Å². The van der Waals surface area contributed by atoms with E-state index in [0.29, 0.717) is 18.2 Å². The Morgan fingerprint density at radius 3 is 2.79 bits per heavy atom. The number of anilines is 1. The highest BCUT2D eigenvalue weighted by Crippen LogP contribution is 2.28. The van der Waals surface area contributed by atoms with Crippen LogP contribution < -0.4 is 5.32 Å². The van der Waals surface area contributed by atoms with Gasteiger partial charge in [0.15, 0.2) is 5.65 Å². The number of nitriles is 1. The van der Waals surface area contributed by atoms with Crippen LogP contribution in [0.1, 0.15) is 24.6 Å². The van der Waals surface area contributed by atoms with Gasteiger partial charge in [-0.2, -0.15) is 5.26 Å². The number of likely N-dealkylation sites (tertiary alicyclic amines) is 1. The molecule has 0 spiro atoms. The number of aromatic nitrogens is 3. The topological polar surface area (TPSA) is 86.3 Å². The van der Waals surface area contributed by atoms with Crippen LogP contribution in [0.25, 0.3) is 5.65 Å². The number of para-hydroxylation sites is 1. The van der Waals surface area contributed by atoms with Crippen molar-refractivity contribution in [3.05, 3.63) is 54.5 Å². The minimum atomic E-state index is -0.0265. The van der Waals surface area contributed by atoms with E-state index in [4.69, 9.17) is 5.26 Å². The molecule has 0 saturated carbocycles. The molecule has 7 nitrogen and oxygen atoms in total. The zero-order chi connectivity index (χ0) is 20.1. The number of carbonyl (C=O) groups is 1. The van der Waals surface area contributed by atoms with Crippen molar-refractivity contribution < 1.29 is 4.79 Å². The number of benzene rings is 1. The standard InChI is InChI=1S/C21H22N6OS/c22-10-14-29-18-6-2-1-5-17(18)23-20(28)15-26-12-8-16(9-13-26)21-25-24-19-7-3-4-11-27(19)21/h1-7,11,16H,8-9,12-15H2,(H,23,28). The van der Waals surface area contributed by atoms with E-state index in [9.17, 15) is 4.79 Å². The molecule has 1 aliphatic rings. The Morgan fingerprint density at radius 2 is 1.97 bits per heavy atom. The molecule has 2 aromatic heterocycles. The lowest BCUT2D eigenvalue weighted by Crippen LogP contribution is -2.39. The molecule has 0 radical (unpaired) electrons. The van der Waals surface area contributed by atoms with Crippen molar-refractivity contribution in [2.24, 2.45) is 0 Å². The quantitative estimate of drug-likeness (QED) is 0.633. The number of nitrogens with one attached hydrogen (secondary N) is 1. The lowest BCUT2D eigenvalue weighted by molar-refractivity contribution is -0.117. The number of nitrogens with zero attached hydrogens (tertiary/aromatic N) is 5. The minimum absolute atomic E-state index is 0.0265. The molecule has 3 heterocycles. The first-order chi connectivity index (χ1) is 14.2. The van der Waals surface area contributed by atoms with E-state index in [0.717, 1.165) is 48.0 Å². The Balaban J connectivity index is 1.32. The molecule has 1 saturated heterocycles. The van der Waals surface area contributed by atoms with Gasteiger partial charge in [-0.05, 0) is 50.2 Å². The van der Waals surface area contributed by atoms with Crippen LogP contribution in [0, 0.1) is 11.3 Å². The fraction of sp³-hybridized carbons (Fsp3) is 0.333. The monoisotopic (exact) mass is 406 g/mol. The third kappa shape index (κ3) is 4.58. The van der Waals surface area contributed by atoms with Gasteiger partial charge in [0.2, 0.25) is 5.91 Å². The SMILES string of the molecule is N#CCSc1ccccc1NC(=O)CN1CCC(c2nnc3ccccn23)CC1. The first-order valence-electron chi connectivity index (χ1n) is 9.65. The van der Waals surface area contributed by atoms with Gasteiger partial charge in [-0.1, -0.05) is 18.2 Å². The van der Waals surface area contributed by atoms with Gasteiger partial charge in [0, 0.05) is 17.0 Å². The number of fused-ring (bicyclic) bond motifs is 1. The number of thioether (sulfide) groups is 1. The van der Waals surface area contributed by atoms with Crippen LogP contribution in [0.3, 0.4) is 0 Å². The average Bonchev–Trinajstić information content (AvgIpc) is 3.18. The van der Waals surface area contributed by atoms with Gasteiger partial charge in [-0.3, -0.25) is 14.1 Å². The predicted molar refractivity (Wildman–Crippen MR) is 113 cm³/mol. The Hall–Kier alpha value is -2.89. The van der Waals surface area contributed by atoms with Crippen molar-refractivity contribution in [3.63, 3.8) is 0 Å². The Morgan fingerprint density at radius 1 is 1.17 bits per heavy atom. The molecular formula is C21H22N6OS. The summed E-state index contributed by atoms with van der Waals surface area (Å²) in [5.74, 6) is 1.70. The van der Waals surface area contributed by atoms with Crippen molar-refractivity contribution in [2.45, 2.75) is 23.7 Å². The maximum atomic E-state index is 12.5. The lowest BCUT2D eigenvalue weighted by Gasteiger charge is -2.30. The summed E-state index contributed by atoms with van der Waals surface area (Å²) in [4.78, 5) is 15.6. The number of piperidine rings is 1. The molecule has 0 aliphatic carbocycles. The maximum Gasteiger partial charge on any atom is 0.238 e. The molecule has 0 unspecified atom stereocenters. The summed E-state index contributed by atoms with van der Waals surface area (Å²) in [5, 5.41) is 20.4. The normalized spacial score (nSPS) is 15.3. The summed E-state index contributed by atoms with van der Waals surface area (Å²) >= 11 is 1.43. The summed E-state index contributed by atoms with van der Waals surface area (Å²) < 4.78 is 2.06. The molecule has 0 atom stereocenters. The number of amides is 1. The summed E-state index contributed by atoms with van der Waals surface area (Å²) in [6.45, 7) is 2.07. The van der Waals surface area contributed by atoms with Gasteiger partial charge >= 0.3 is 0 Å². The largest absolute Gasteiger partial charge is 0.324 e. The molecule has 1 aliphatic heterocycles. The fourth-order valence-corrected chi connectivity index (χ4v) is 4.36. The van der Waals surface area contributed by atoms with Gasteiger partial charge in [-0.25, -0.2) is 0 Å². The Labute approximate surface area is 173 Å². The van der Waals surface area contributed by atoms with Crippen molar-refractivity contribution >= 4 is 29.0 Å². The first kappa shape index (κ1) is 19.4. The molecular weight excluding hydrogens is 384 g/mol. The van der Waals surface area contributed by atoms with Gasteiger partial charge < -0.3 is 5.32 Å². The molecule has 1 aromatic carbocycles.